The number of aryl methyl sites for hydroxylation is 1. The van der Waals surface area contributed by atoms with Gasteiger partial charge in [-0.25, -0.2) is 4.68 Å². The lowest BCUT2D eigenvalue weighted by Crippen LogP contribution is -2.26. The normalized spacial score (nSPS) is 11.0. The van der Waals surface area contributed by atoms with E-state index in [1.54, 1.807) is 46.0 Å². The minimum Gasteiger partial charge on any atom is -0.336 e. The van der Waals surface area contributed by atoms with Crippen LogP contribution >= 0.6 is 15.9 Å². The van der Waals surface area contributed by atoms with E-state index in [-0.39, 0.29) is 5.91 Å². The van der Waals surface area contributed by atoms with Gasteiger partial charge in [-0.05, 0) is 28.9 Å². The van der Waals surface area contributed by atoms with Gasteiger partial charge in [-0.3, -0.25) is 14.2 Å². The first-order valence-electron chi connectivity index (χ1n) is 7.53. The number of aromatic nitrogens is 6. The first-order valence-corrected chi connectivity index (χ1v) is 8.32. The molecule has 3 aromatic rings. The van der Waals surface area contributed by atoms with Crippen LogP contribution in [0.2, 0.25) is 0 Å². The molecule has 3 rings (SSSR count). The lowest BCUT2D eigenvalue weighted by atomic mass is 10.3. The van der Waals surface area contributed by atoms with Crippen molar-refractivity contribution in [2.24, 2.45) is 0 Å². The third-order valence-corrected chi connectivity index (χ3v) is 3.94. The summed E-state index contributed by atoms with van der Waals surface area (Å²) in [6.45, 7) is 3.78. The standard InChI is InChI=1S/C15H18BrN7O/c1-3-21-9-12(6-17-21)8-20(2)15(24)14-4-5-22(19-14)11-23-10-13(16)7-18-23/h4-7,9-10H,3,8,11H2,1-2H3. The van der Waals surface area contributed by atoms with E-state index in [0.29, 0.717) is 18.9 Å². The molecule has 0 unspecified atom stereocenters. The highest BCUT2D eigenvalue weighted by molar-refractivity contribution is 9.10. The molecule has 0 atom stereocenters. The summed E-state index contributed by atoms with van der Waals surface area (Å²) >= 11 is 3.35. The highest BCUT2D eigenvalue weighted by Crippen LogP contribution is 2.08. The summed E-state index contributed by atoms with van der Waals surface area (Å²) in [5, 5.41) is 12.7. The third-order valence-electron chi connectivity index (χ3n) is 3.53. The number of carbonyl (C=O) groups excluding carboxylic acids is 1. The van der Waals surface area contributed by atoms with Crippen LogP contribution in [-0.2, 0) is 19.8 Å². The maximum absolute atomic E-state index is 12.5. The largest absolute Gasteiger partial charge is 0.336 e. The lowest BCUT2D eigenvalue weighted by molar-refractivity contribution is 0.0778. The SMILES string of the molecule is CCn1cc(CN(C)C(=O)c2ccn(Cn3cc(Br)cn3)n2)cn1. The Balaban J connectivity index is 1.64. The molecule has 0 aliphatic rings. The molecule has 8 nitrogen and oxygen atoms in total. The van der Waals surface area contributed by atoms with Gasteiger partial charge < -0.3 is 4.90 Å². The van der Waals surface area contributed by atoms with Gasteiger partial charge in [-0.2, -0.15) is 15.3 Å². The number of amides is 1. The van der Waals surface area contributed by atoms with E-state index >= 15 is 0 Å². The van der Waals surface area contributed by atoms with E-state index in [1.165, 1.54) is 0 Å². The average molecular weight is 392 g/mol. The summed E-state index contributed by atoms with van der Waals surface area (Å²) in [6, 6.07) is 1.72. The lowest BCUT2D eigenvalue weighted by Gasteiger charge is -2.14. The second-order valence-corrected chi connectivity index (χ2v) is 6.36. The molecule has 0 saturated heterocycles. The minimum absolute atomic E-state index is 0.125. The zero-order chi connectivity index (χ0) is 17.1. The maximum atomic E-state index is 12.5. The van der Waals surface area contributed by atoms with Gasteiger partial charge in [0.1, 0.15) is 12.4 Å². The van der Waals surface area contributed by atoms with Crippen LogP contribution < -0.4 is 0 Å². The first kappa shape index (κ1) is 16.4. The molecular formula is C15H18BrN7O. The topological polar surface area (TPSA) is 73.8 Å². The molecule has 24 heavy (non-hydrogen) atoms. The van der Waals surface area contributed by atoms with Crippen LogP contribution in [0.15, 0.2) is 41.5 Å². The van der Waals surface area contributed by atoms with Crippen molar-refractivity contribution in [2.45, 2.75) is 26.7 Å². The van der Waals surface area contributed by atoms with Gasteiger partial charge in [0.15, 0.2) is 0 Å². The Morgan fingerprint density at radius 3 is 2.67 bits per heavy atom. The molecule has 0 fully saturated rings. The van der Waals surface area contributed by atoms with Crippen molar-refractivity contribution in [2.75, 3.05) is 7.05 Å². The van der Waals surface area contributed by atoms with Gasteiger partial charge in [0.2, 0.25) is 0 Å². The van der Waals surface area contributed by atoms with Gasteiger partial charge in [-0.1, -0.05) is 0 Å². The number of hydrogen-bond acceptors (Lipinski definition) is 4. The van der Waals surface area contributed by atoms with Crippen LogP contribution in [0.3, 0.4) is 0 Å². The number of carbonyl (C=O) groups is 1. The van der Waals surface area contributed by atoms with Gasteiger partial charge in [0, 0.05) is 44.3 Å². The number of rotatable bonds is 6. The summed E-state index contributed by atoms with van der Waals surface area (Å²) in [6.07, 6.45) is 9.05. The number of hydrogen-bond donors (Lipinski definition) is 0. The van der Waals surface area contributed by atoms with Crippen molar-refractivity contribution < 1.29 is 4.79 Å². The fourth-order valence-electron chi connectivity index (χ4n) is 2.32. The zero-order valence-electron chi connectivity index (χ0n) is 13.5. The van der Waals surface area contributed by atoms with Crippen LogP contribution in [0.25, 0.3) is 0 Å². The van der Waals surface area contributed by atoms with Crippen LogP contribution in [-0.4, -0.2) is 47.2 Å². The van der Waals surface area contributed by atoms with Gasteiger partial charge in [0.25, 0.3) is 5.91 Å². The van der Waals surface area contributed by atoms with E-state index < -0.39 is 0 Å². The van der Waals surface area contributed by atoms with Crippen LogP contribution in [0.4, 0.5) is 0 Å². The Labute approximate surface area is 147 Å². The van der Waals surface area contributed by atoms with E-state index in [0.717, 1.165) is 16.6 Å². The number of halogens is 1. The maximum Gasteiger partial charge on any atom is 0.274 e. The zero-order valence-corrected chi connectivity index (χ0v) is 15.1. The average Bonchev–Trinajstić information content (AvgIpc) is 3.28. The van der Waals surface area contributed by atoms with Gasteiger partial charge >= 0.3 is 0 Å². The highest BCUT2D eigenvalue weighted by Gasteiger charge is 2.16. The second kappa shape index (κ2) is 7.00. The minimum atomic E-state index is -0.125. The van der Waals surface area contributed by atoms with E-state index in [1.807, 2.05) is 24.0 Å². The van der Waals surface area contributed by atoms with Gasteiger partial charge in [0.05, 0.1) is 16.9 Å². The fourth-order valence-corrected chi connectivity index (χ4v) is 2.65. The summed E-state index contributed by atoms with van der Waals surface area (Å²) in [5.74, 6) is -0.125. The van der Waals surface area contributed by atoms with E-state index in [4.69, 9.17) is 0 Å². The molecule has 9 heteroatoms. The van der Waals surface area contributed by atoms with Crippen LogP contribution in [0.5, 0.6) is 0 Å². The molecule has 0 spiro atoms. The van der Waals surface area contributed by atoms with Crippen molar-refractivity contribution in [3.05, 3.63) is 52.8 Å². The Bertz CT molecular complexity index is 834. The summed E-state index contributed by atoms with van der Waals surface area (Å²) < 4.78 is 6.15. The van der Waals surface area contributed by atoms with Crippen molar-refractivity contribution in [3.8, 4) is 0 Å². The Morgan fingerprint density at radius 1 is 1.21 bits per heavy atom. The number of nitrogens with zero attached hydrogens (tertiary/aromatic N) is 7. The molecule has 1 amide bonds. The van der Waals surface area contributed by atoms with E-state index in [9.17, 15) is 4.79 Å². The molecule has 0 bridgehead atoms. The molecule has 0 aliphatic heterocycles. The molecule has 0 saturated carbocycles. The molecule has 3 heterocycles. The van der Waals surface area contributed by atoms with Crippen LogP contribution in [0.1, 0.15) is 23.0 Å². The van der Waals surface area contributed by atoms with Crippen LogP contribution in [0, 0.1) is 0 Å². The summed E-state index contributed by atoms with van der Waals surface area (Å²) in [4.78, 5) is 14.1. The monoisotopic (exact) mass is 391 g/mol. The third kappa shape index (κ3) is 3.73. The quantitative estimate of drug-likeness (QED) is 0.642. The fraction of sp³-hybridized carbons (Fsp3) is 0.333. The van der Waals surface area contributed by atoms with Crippen molar-refractivity contribution >= 4 is 21.8 Å². The first-order chi connectivity index (χ1) is 11.5. The predicted molar refractivity (Wildman–Crippen MR) is 91.3 cm³/mol. The van der Waals surface area contributed by atoms with Crippen molar-refractivity contribution in [1.29, 1.82) is 0 Å². The molecule has 0 aliphatic carbocycles. The molecule has 126 valence electrons. The Hall–Kier alpha value is -2.42. The molecular weight excluding hydrogens is 374 g/mol. The predicted octanol–water partition coefficient (Wildman–Crippen LogP) is 1.84. The van der Waals surface area contributed by atoms with Gasteiger partial charge in [-0.15, -0.1) is 0 Å². The summed E-state index contributed by atoms with van der Waals surface area (Å²) in [5.41, 5.74) is 1.40. The Morgan fingerprint density at radius 2 is 2.00 bits per heavy atom. The summed E-state index contributed by atoms with van der Waals surface area (Å²) in [7, 11) is 1.76. The van der Waals surface area contributed by atoms with E-state index in [2.05, 4.69) is 31.2 Å². The van der Waals surface area contributed by atoms with Crippen molar-refractivity contribution in [3.63, 3.8) is 0 Å². The molecule has 3 aromatic heterocycles. The smallest absolute Gasteiger partial charge is 0.274 e. The molecule has 0 radical (unpaired) electrons. The van der Waals surface area contributed by atoms with Crippen molar-refractivity contribution in [1.82, 2.24) is 34.2 Å². The second-order valence-electron chi connectivity index (χ2n) is 5.45. The Kier molecular flexibility index (Phi) is 4.79. The molecule has 0 N–H and O–H groups in total. The molecule has 0 aromatic carbocycles. The highest BCUT2D eigenvalue weighted by atomic mass is 79.9.